The zero-order valence-corrected chi connectivity index (χ0v) is 9.46. The van der Waals surface area contributed by atoms with E-state index in [-0.39, 0.29) is 0 Å². The monoisotopic (exact) mass is 287 g/mol. The van der Waals surface area contributed by atoms with Gasteiger partial charge in [-0.2, -0.15) is 0 Å². The number of hydrogen-bond acceptors (Lipinski definition) is 1. The second kappa shape index (κ2) is 3.29. The smallest absolute Gasteiger partial charge is 0.166 e. The van der Waals surface area contributed by atoms with Crippen molar-refractivity contribution in [3.8, 4) is 0 Å². The molecule has 1 aliphatic rings. The summed E-state index contributed by atoms with van der Waals surface area (Å²) in [6, 6.07) is 0. The predicted molar refractivity (Wildman–Crippen MR) is 61.0 cm³/mol. The number of aromatic nitrogens is 1. The van der Waals surface area contributed by atoms with Gasteiger partial charge in [0.2, 0.25) is 0 Å². The molecule has 0 spiro atoms. The molecule has 0 bridgehead atoms. The molecule has 0 radical (unpaired) electrons. The van der Waals surface area contributed by atoms with E-state index in [2.05, 4.69) is 46.7 Å². The molecule has 2 nitrogen and oxygen atoms in total. The highest BCUT2D eigenvalue weighted by Crippen LogP contribution is 2.34. The Morgan fingerprint density at radius 1 is 1.69 bits per heavy atom. The molecule has 1 aromatic heterocycles. The maximum atomic E-state index is 10.8. The van der Waals surface area contributed by atoms with E-state index in [1.807, 2.05) is 0 Å². The van der Waals surface area contributed by atoms with Crippen molar-refractivity contribution in [2.45, 2.75) is 19.3 Å². The van der Waals surface area contributed by atoms with Gasteiger partial charge < -0.3 is 4.98 Å². The van der Waals surface area contributed by atoms with E-state index in [4.69, 9.17) is 0 Å². The summed E-state index contributed by atoms with van der Waals surface area (Å²) in [6.07, 6.45) is 6.20. The summed E-state index contributed by atoms with van der Waals surface area (Å²) in [5.74, 6) is 0.458. The van der Waals surface area contributed by atoms with Crippen LogP contribution in [0.15, 0.2) is 6.08 Å². The molecule has 1 heterocycles. The second-order valence-electron chi connectivity index (χ2n) is 3.34. The van der Waals surface area contributed by atoms with Crippen molar-refractivity contribution in [3.05, 3.63) is 26.6 Å². The van der Waals surface area contributed by atoms with Crippen LogP contribution in [0.5, 0.6) is 0 Å². The molecule has 0 saturated carbocycles. The first-order valence-corrected chi connectivity index (χ1v) is 5.35. The number of carbonyl (C=O) groups excluding carboxylic acids is 1. The van der Waals surface area contributed by atoms with Crippen molar-refractivity contribution in [2.75, 3.05) is 0 Å². The van der Waals surface area contributed by atoms with Gasteiger partial charge in [0.1, 0.15) is 0 Å². The number of rotatable bonds is 1. The Bertz CT molecular complexity index is 379. The fourth-order valence-electron chi connectivity index (χ4n) is 1.81. The number of nitrogens with one attached hydrogen (secondary N) is 1. The van der Waals surface area contributed by atoms with E-state index >= 15 is 0 Å². The fraction of sp³-hybridized carbons (Fsp3) is 0.300. The average Bonchev–Trinajstić information content (AvgIpc) is 2.45. The van der Waals surface area contributed by atoms with E-state index in [1.54, 1.807) is 0 Å². The Hall–Kier alpha value is -0.580. The maximum Gasteiger partial charge on any atom is 0.166 e. The van der Waals surface area contributed by atoms with E-state index in [0.29, 0.717) is 5.92 Å². The number of halogens is 1. The van der Waals surface area contributed by atoms with Gasteiger partial charge in [-0.05, 0) is 40.5 Å². The molecule has 0 fully saturated rings. The van der Waals surface area contributed by atoms with Crippen molar-refractivity contribution in [1.82, 2.24) is 4.98 Å². The molecular formula is C10H10INO. The Morgan fingerprint density at radius 2 is 2.46 bits per heavy atom. The van der Waals surface area contributed by atoms with E-state index < -0.39 is 0 Å². The molecule has 2 rings (SSSR count). The van der Waals surface area contributed by atoms with Gasteiger partial charge in [-0.1, -0.05) is 19.1 Å². The molecule has 13 heavy (non-hydrogen) atoms. The lowest BCUT2D eigenvalue weighted by Crippen LogP contribution is -2.00. The first-order chi connectivity index (χ1) is 6.24. The number of aromatic amines is 1. The van der Waals surface area contributed by atoms with Gasteiger partial charge >= 0.3 is 0 Å². The number of fused-ring (bicyclic) bond motifs is 1. The summed E-state index contributed by atoms with van der Waals surface area (Å²) in [6.45, 7) is 2.15. The first-order valence-electron chi connectivity index (χ1n) is 4.27. The van der Waals surface area contributed by atoms with Gasteiger partial charge in [0.05, 0.1) is 9.39 Å². The van der Waals surface area contributed by atoms with Crippen LogP contribution in [0.4, 0.5) is 0 Å². The summed E-state index contributed by atoms with van der Waals surface area (Å²) in [5.41, 5.74) is 3.12. The van der Waals surface area contributed by atoms with E-state index in [0.717, 1.165) is 22.1 Å². The van der Waals surface area contributed by atoms with Crippen LogP contribution in [-0.4, -0.2) is 11.3 Å². The number of carbonyl (C=O) groups is 1. The Morgan fingerprint density at radius 3 is 3.15 bits per heavy atom. The molecule has 1 aliphatic carbocycles. The Kier molecular flexibility index (Phi) is 2.27. The maximum absolute atomic E-state index is 10.8. The van der Waals surface area contributed by atoms with Crippen LogP contribution in [0.1, 0.15) is 40.9 Å². The molecule has 0 aromatic carbocycles. The third kappa shape index (κ3) is 1.35. The topological polar surface area (TPSA) is 32.9 Å². The van der Waals surface area contributed by atoms with E-state index in [9.17, 15) is 4.79 Å². The lowest BCUT2D eigenvalue weighted by atomic mass is 9.90. The highest BCUT2D eigenvalue weighted by atomic mass is 127. The summed E-state index contributed by atoms with van der Waals surface area (Å²) in [5, 5.41) is 0. The average molecular weight is 287 g/mol. The zero-order valence-electron chi connectivity index (χ0n) is 7.30. The van der Waals surface area contributed by atoms with Gasteiger partial charge in [-0.15, -0.1) is 0 Å². The van der Waals surface area contributed by atoms with Crippen LogP contribution in [0.2, 0.25) is 0 Å². The number of hydrogen-bond donors (Lipinski definition) is 1. The molecule has 1 unspecified atom stereocenters. The number of allylic oxidation sites excluding steroid dienone is 1. The largest absolute Gasteiger partial charge is 0.347 e. The highest BCUT2D eigenvalue weighted by Gasteiger charge is 2.20. The lowest BCUT2D eigenvalue weighted by molar-refractivity contribution is 0.111. The van der Waals surface area contributed by atoms with Crippen molar-refractivity contribution in [2.24, 2.45) is 0 Å². The second-order valence-corrected chi connectivity index (χ2v) is 4.42. The van der Waals surface area contributed by atoms with E-state index in [1.165, 1.54) is 11.1 Å². The summed E-state index contributed by atoms with van der Waals surface area (Å²) >= 11 is 2.23. The van der Waals surface area contributed by atoms with Gasteiger partial charge in [-0.25, -0.2) is 0 Å². The fourth-order valence-corrected chi connectivity index (χ4v) is 2.57. The van der Waals surface area contributed by atoms with Crippen LogP contribution in [0, 0.1) is 3.70 Å². The van der Waals surface area contributed by atoms with Crippen LogP contribution < -0.4 is 0 Å². The summed E-state index contributed by atoms with van der Waals surface area (Å²) < 4.78 is 1.07. The SMILES string of the molecule is CC1CC=Cc2c(I)[nH]c(C=O)c21. The molecule has 68 valence electrons. The lowest BCUT2D eigenvalue weighted by Gasteiger charge is -2.14. The van der Waals surface area contributed by atoms with Crippen LogP contribution in [-0.2, 0) is 0 Å². The Balaban J connectivity index is 2.66. The first kappa shape index (κ1) is 8.99. The molecule has 1 N–H and O–H groups in total. The number of aldehydes is 1. The Labute approximate surface area is 90.6 Å². The van der Waals surface area contributed by atoms with Crippen molar-refractivity contribution >= 4 is 35.0 Å². The molecule has 3 heteroatoms. The predicted octanol–water partition coefficient (Wildman–Crippen LogP) is 2.95. The molecule has 0 aliphatic heterocycles. The van der Waals surface area contributed by atoms with Crippen LogP contribution >= 0.6 is 22.6 Å². The minimum absolute atomic E-state index is 0.458. The summed E-state index contributed by atoms with van der Waals surface area (Å²) in [7, 11) is 0. The molecular weight excluding hydrogens is 277 g/mol. The minimum atomic E-state index is 0.458. The third-order valence-electron chi connectivity index (χ3n) is 2.45. The molecule has 0 amide bonds. The summed E-state index contributed by atoms with van der Waals surface area (Å²) in [4.78, 5) is 13.9. The van der Waals surface area contributed by atoms with Crippen molar-refractivity contribution < 1.29 is 4.79 Å². The van der Waals surface area contributed by atoms with Gasteiger partial charge in [0.15, 0.2) is 6.29 Å². The van der Waals surface area contributed by atoms with Gasteiger partial charge in [0, 0.05) is 5.56 Å². The van der Waals surface area contributed by atoms with Crippen LogP contribution in [0.3, 0.4) is 0 Å². The van der Waals surface area contributed by atoms with Crippen LogP contribution in [0.25, 0.3) is 6.08 Å². The molecule has 0 saturated heterocycles. The zero-order chi connectivity index (χ0) is 9.42. The standard InChI is InChI=1S/C10H10INO/c1-6-3-2-4-7-9(6)8(5-13)12-10(7)11/h2,4-6,12H,3H2,1H3. The minimum Gasteiger partial charge on any atom is -0.347 e. The molecule has 1 aromatic rings. The number of H-pyrrole nitrogens is 1. The van der Waals surface area contributed by atoms with Gasteiger partial charge in [-0.3, -0.25) is 4.79 Å². The normalized spacial score (nSPS) is 20.0. The molecule has 1 atom stereocenters. The van der Waals surface area contributed by atoms with Crippen molar-refractivity contribution in [3.63, 3.8) is 0 Å². The quantitative estimate of drug-likeness (QED) is 0.625. The van der Waals surface area contributed by atoms with Crippen molar-refractivity contribution in [1.29, 1.82) is 0 Å². The third-order valence-corrected chi connectivity index (χ3v) is 3.30. The van der Waals surface area contributed by atoms with Gasteiger partial charge in [0.25, 0.3) is 0 Å². The highest BCUT2D eigenvalue weighted by molar-refractivity contribution is 14.1.